The summed E-state index contributed by atoms with van der Waals surface area (Å²) in [5, 5.41) is 3.39. The molecule has 8 heteroatoms. The molecule has 138 valence electrons. The van der Waals surface area contributed by atoms with Gasteiger partial charge >= 0.3 is 0 Å². The first kappa shape index (κ1) is 17.7. The molecule has 4 heterocycles. The number of imidazole rings is 1. The van der Waals surface area contributed by atoms with Crippen molar-refractivity contribution in [3.05, 3.63) is 39.1 Å². The SMILES string of the molecule is Cn1cnc2c1CCN(C(=O)CCC(=O)c1ccc(Cl)s1)C21CCNC1. The van der Waals surface area contributed by atoms with Crippen molar-refractivity contribution in [3.8, 4) is 0 Å². The molecule has 2 aliphatic rings. The minimum atomic E-state index is -0.374. The fourth-order valence-corrected chi connectivity index (χ4v) is 5.13. The summed E-state index contributed by atoms with van der Waals surface area (Å²) >= 11 is 7.16. The Labute approximate surface area is 161 Å². The van der Waals surface area contributed by atoms with E-state index in [1.54, 1.807) is 12.1 Å². The largest absolute Gasteiger partial charge is 0.337 e. The first-order chi connectivity index (χ1) is 12.5. The van der Waals surface area contributed by atoms with Crippen LogP contribution in [-0.2, 0) is 23.8 Å². The van der Waals surface area contributed by atoms with E-state index in [-0.39, 0.29) is 30.1 Å². The Morgan fingerprint density at radius 3 is 2.92 bits per heavy atom. The van der Waals surface area contributed by atoms with Crippen molar-refractivity contribution >= 4 is 34.6 Å². The van der Waals surface area contributed by atoms with Crippen molar-refractivity contribution in [2.45, 2.75) is 31.2 Å². The molecule has 1 amide bonds. The van der Waals surface area contributed by atoms with Crippen molar-refractivity contribution < 1.29 is 9.59 Å². The maximum atomic E-state index is 13.0. The number of hydrogen-bond donors (Lipinski definition) is 1. The third-order valence-corrected chi connectivity index (χ3v) is 6.71. The Balaban J connectivity index is 1.51. The van der Waals surface area contributed by atoms with E-state index in [4.69, 9.17) is 11.6 Å². The molecule has 1 unspecified atom stereocenters. The quantitative estimate of drug-likeness (QED) is 0.811. The van der Waals surface area contributed by atoms with Gasteiger partial charge in [-0.15, -0.1) is 11.3 Å². The molecule has 0 saturated carbocycles. The van der Waals surface area contributed by atoms with E-state index in [9.17, 15) is 9.59 Å². The van der Waals surface area contributed by atoms with Crippen LogP contribution in [0.5, 0.6) is 0 Å². The van der Waals surface area contributed by atoms with Crippen molar-refractivity contribution in [2.24, 2.45) is 7.05 Å². The molecule has 1 N–H and O–H groups in total. The lowest BCUT2D eigenvalue weighted by molar-refractivity contribution is -0.138. The van der Waals surface area contributed by atoms with Crippen molar-refractivity contribution in [2.75, 3.05) is 19.6 Å². The van der Waals surface area contributed by atoms with Crippen LogP contribution < -0.4 is 5.32 Å². The Kier molecular flexibility index (Phi) is 4.62. The highest BCUT2D eigenvalue weighted by Crippen LogP contribution is 2.39. The number of nitrogens with zero attached hydrogens (tertiary/aromatic N) is 3. The summed E-state index contributed by atoms with van der Waals surface area (Å²) in [6.07, 6.45) is 3.93. The van der Waals surface area contributed by atoms with Crippen molar-refractivity contribution in [3.63, 3.8) is 0 Å². The number of thiophene rings is 1. The number of halogens is 1. The van der Waals surface area contributed by atoms with Crippen LogP contribution in [0.4, 0.5) is 0 Å². The standard InChI is InChI=1S/C18H21ClN4O2S/c1-22-11-21-17-12(22)6-9-23(18(17)7-8-20-10-18)16(25)5-2-13(24)14-3-4-15(19)26-14/h3-4,11,20H,2,5-10H2,1H3. The molecular formula is C18H21ClN4O2S. The van der Waals surface area contributed by atoms with E-state index in [0.29, 0.717) is 15.8 Å². The summed E-state index contributed by atoms with van der Waals surface area (Å²) in [4.78, 5) is 32.5. The molecule has 0 aliphatic carbocycles. The third-order valence-electron chi connectivity index (χ3n) is 5.44. The highest BCUT2D eigenvalue weighted by atomic mass is 35.5. The smallest absolute Gasteiger partial charge is 0.223 e. The van der Waals surface area contributed by atoms with Gasteiger partial charge in [0.15, 0.2) is 5.78 Å². The van der Waals surface area contributed by atoms with E-state index < -0.39 is 0 Å². The molecular weight excluding hydrogens is 372 g/mol. The van der Waals surface area contributed by atoms with Gasteiger partial charge in [0.2, 0.25) is 5.91 Å². The number of carbonyl (C=O) groups excluding carboxylic acids is 2. The molecule has 2 aromatic rings. The number of amides is 1. The summed E-state index contributed by atoms with van der Waals surface area (Å²) in [7, 11) is 2.00. The minimum absolute atomic E-state index is 0.0237. The van der Waals surface area contributed by atoms with Crippen LogP contribution in [0.25, 0.3) is 0 Å². The zero-order valence-electron chi connectivity index (χ0n) is 14.6. The number of aryl methyl sites for hydroxylation is 1. The molecule has 0 bridgehead atoms. The van der Waals surface area contributed by atoms with Gasteiger partial charge in [0.25, 0.3) is 0 Å². The van der Waals surface area contributed by atoms with E-state index in [2.05, 4.69) is 14.9 Å². The molecule has 1 saturated heterocycles. The van der Waals surface area contributed by atoms with E-state index >= 15 is 0 Å². The van der Waals surface area contributed by atoms with Crippen LogP contribution in [0.1, 0.15) is 40.3 Å². The highest BCUT2D eigenvalue weighted by Gasteiger charge is 2.48. The summed E-state index contributed by atoms with van der Waals surface area (Å²) in [6, 6.07) is 3.44. The van der Waals surface area contributed by atoms with Gasteiger partial charge in [-0.2, -0.15) is 0 Å². The molecule has 4 rings (SSSR count). The average molecular weight is 393 g/mol. The predicted molar refractivity (Wildman–Crippen MR) is 101 cm³/mol. The van der Waals surface area contributed by atoms with Crippen LogP contribution in [0.2, 0.25) is 4.34 Å². The van der Waals surface area contributed by atoms with E-state index in [1.807, 2.05) is 18.3 Å². The second kappa shape index (κ2) is 6.79. The van der Waals surface area contributed by atoms with Crippen molar-refractivity contribution in [1.82, 2.24) is 19.8 Å². The Morgan fingerprint density at radius 1 is 1.38 bits per heavy atom. The maximum Gasteiger partial charge on any atom is 0.223 e. The van der Waals surface area contributed by atoms with Gasteiger partial charge in [-0.25, -0.2) is 4.98 Å². The van der Waals surface area contributed by atoms with E-state index in [1.165, 1.54) is 17.0 Å². The predicted octanol–water partition coefficient (Wildman–Crippen LogP) is 2.37. The third kappa shape index (κ3) is 2.88. The lowest BCUT2D eigenvalue weighted by Gasteiger charge is -2.43. The number of hydrogen-bond acceptors (Lipinski definition) is 5. The highest BCUT2D eigenvalue weighted by molar-refractivity contribution is 7.18. The fraction of sp³-hybridized carbons (Fsp3) is 0.500. The lowest BCUT2D eigenvalue weighted by Crippen LogP contribution is -2.55. The first-order valence-electron chi connectivity index (χ1n) is 8.82. The zero-order chi connectivity index (χ0) is 18.3. The summed E-state index contributed by atoms with van der Waals surface area (Å²) in [5.41, 5.74) is 1.85. The van der Waals surface area contributed by atoms with E-state index in [0.717, 1.165) is 31.6 Å². The fourth-order valence-electron chi connectivity index (χ4n) is 4.12. The van der Waals surface area contributed by atoms with Gasteiger partial charge in [-0.1, -0.05) is 11.6 Å². The molecule has 0 aromatic carbocycles. The first-order valence-corrected chi connectivity index (χ1v) is 10.0. The van der Waals surface area contributed by atoms with Crippen LogP contribution in [0, 0.1) is 0 Å². The number of Topliss-reactive ketones (excluding diaryl/α,β-unsaturated/α-hetero) is 1. The Hall–Kier alpha value is -1.70. The number of ketones is 1. The molecule has 2 aliphatic heterocycles. The molecule has 26 heavy (non-hydrogen) atoms. The zero-order valence-corrected chi connectivity index (χ0v) is 16.2. The van der Waals surface area contributed by atoms with Gasteiger partial charge < -0.3 is 14.8 Å². The van der Waals surface area contributed by atoms with Gasteiger partial charge in [0.1, 0.15) is 5.54 Å². The second-order valence-corrected chi connectivity index (χ2v) is 8.65. The van der Waals surface area contributed by atoms with Gasteiger partial charge in [-0.3, -0.25) is 9.59 Å². The molecule has 1 fully saturated rings. The van der Waals surface area contributed by atoms with Crippen molar-refractivity contribution in [1.29, 1.82) is 0 Å². The summed E-state index contributed by atoms with van der Waals surface area (Å²) in [5.74, 6) is 0.00499. The summed E-state index contributed by atoms with van der Waals surface area (Å²) < 4.78 is 2.65. The van der Waals surface area contributed by atoms with Gasteiger partial charge in [0, 0.05) is 45.1 Å². The number of aromatic nitrogens is 2. The van der Waals surface area contributed by atoms with Crippen LogP contribution in [-0.4, -0.2) is 45.8 Å². The molecule has 6 nitrogen and oxygen atoms in total. The van der Waals surface area contributed by atoms with Crippen LogP contribution >= 0.6 is 22.9 Å². The normalized spacial score (nSPS) is 22.0. The Morgan fingerprint density at radius 2 is 2.23 bits per heavy atom. The molecule has 1 spiro atoms. The van der Waals surface area contributed by atoms with Crippen LogP contribution in [0.3, 0.4) is 0 Å². The molecule has 2 aromatic heterocycles. The number of nitrogens with one attached hydrogen (secondary N) is 1. The molecule has 0 radical (unpaired) electrons. The Bertz CT molecular complexity index is 853. The number of fused-ring (bicyclic) bond motifs is 2. The average Bonchev–Trinajstić information content (AvgIpc) is 3.35. The lowest BCUT2D eigenvalue weighted by atomic mass is 9.85. The number of rotatable bonds is 4. The molecule has 1 atom stereocenters. The number of carbonyl (C=O) groups is 2. The monoisotopic (exact) mass is 392 g/mol. The van der Waals surface area contributed by atoms with Gasteiger partial charge in [0.05, 0.1) is 21.2 Å². The van der Waals surface area contributed by atoms with Crippen LogP contribution in [0.15, 0.2) is 18.5 Å². The second-order valence-electron chi connectivity index (χ2n) is 6.93. The maximum absolute atomic E-state index is 13.0. The topological polar surface area (TPSA) is 67.2 Å². The van der Waals surface area contributed by atoms with Gasteiger partial charge in [-0.05, 0) is 25.1 Å². The minimum Gasteiger partial charge on any atom is -0.337 e. The summed E-state index contributed by atoms with van der Waals surface area (Å²) in [6.45, 7) is 2.26.